The van der Waals surface area contributed by atoms with Crippen LogP contribution in [0.5, 0.6) is 0 Å². The number of thioether (sulfide) groups is 2. The molecule has 0 saturated carbocycles. The molecule has 0 atom stereocenters. The number of amides is 1. The molecular formula is C18H17ClN2O3S3. The van der Waals surface area contributed by atoms with Crippen molar-refractivity contribution in [1.29, 1.82) is 0 Å². The summed E-state index contributed by atoms with van der Waals surface area (Å²) in [7, 11) is 0. The zero-order valence-electron chi connectivity index (χ0n) is 14.5. The summed E-state index contributed by atoms with van der Waals surface area (Å²) in [5.74, 6) is -1.46. The van der Waals surface area contributed by atoms with Crippen LogP contribution in [-0.2, 0) is 9.59 Å². The van der Waals surface area contributed by atoms with Crippen molar-refractivity contribution in [3.63, 3.8) is 0 Å². The fourth-order valence-corrected chi connectivity index (χ4v) is 5.11. The second kappa shape index (κ2) is 8.68. The summed E-state index contributed by atoms with van der Waals surface area (Å²) in [5.41, 5.74) is 1.07. The lowest BCUT2D eigenvalue weighted by molar-refractivity contribution is -0.140. The van der Waals surface area contributed by atoms with E-state index in [0.717, 1.165) is 51.7 Å². The third kappa shape index (κ3) is 4.51. The van der Waals surface area contributed by atoms with Crippen molar-refractivity contribution in [3.8, 4) is 0 Å². The van der Waals surface area contributed by atoms with Crippen LogP contribution in [0.25, 0.3) is 0 Å². The molecule has 0 aliphatic carbocycles. The van der Waals surface area contributed by atoms with Gasteiger partial charge in [-0.2, -0.15) is 0 Å². The number of rotatable bonds is 6. The Hall–Kier alpha value is -1.48. The highest BCUT2D eigenvalue weighted by Gasteiger charge is 2.33. The molecule has 1 N–H and O–H groups in total. The number of carbonyl (C=O) groups is 2. The summed E-state index contributed by atoms with van der Waals surface area (Å²) in [4.78, 5) is 28.1. The molecule has 3 rings (SSSR count). The first-order valence-electron chi connectivity index (χ1n) is 8.33. The van der Waals surface area contributed by atoms with E-state index in [9.17, 15) is 9.59 Å². The van der Waals surface area contributed by atoms with Crippen molar-refractivity contribution in [2.75, 3.05) is 18.0 Å². The van der Waals surface area contributed by atoms with Crippen molar-refractivity contribution >= 4 is 69.2 Å². The monoisotopic (exact) mass is 440 g/mol. The Morgan fingerprint density at radius 3 is 2.78 bits per heavy atom. The number of nitrogens with zero attached hydrogens (tertiary/aromatic N) is 2. The summed E-state index contributed by atoms with van der Waals surface area (Å²) in [5, 5.41) is 10.6. The maximum atomic E-state index is 12.4. The Morgan fingerprint density at radius 2 is 2.07 bits per heavy atom. The smallest absolute Gasteiger partial charge is 0.323 e. The van der Waals surface area contributed by atoms with Gasteiger partial charge in [0.05, 0.1) is 15.6 Å². The number of unbranched alkanes of at least 4 members (excludes halogenated alkanes) is 1. The van der Waals surface area contributed by atoms with Crippen LogP contribution in [0, 0.1) is 0 Å². The molecule has 2 aliphatic rings. The zero-order valence-corrected chi connectivity index (χ0v) is 17.7. The molecule has 142 valence electrons. The lowest BCUT2D eigenvalue weighted by Gasteiger charge is -2.20. The Labute approximate surface area is 176 Å². The van der Waals surface area contributed by atoms with Crippen molar-refractivity contribution in [2.45, 2.75) is 24.7 Å². The van der Waals surface area contributed by atoms with Gasteiger partial charge in [0.15, 0.2) is 0 Å². The molecule has 9 heteroatoms. The number of carboxylic acids is 1. The molecule has 0 unspecified atom stereocenters. The fraction of sp³-hybridized carbons (Fsp3) is 0.278. The van der Waals surface area contributed by atoms with Crippen LogP contribution in [0.15, 0.2) is 45.2 Å². The quantitative estimate of drug-likeness (QED) is 0.507. The molecule has 0 radical (unpaired) electrons. The number of carbonyl (C=O) groups excluding carboxylic acids is 1. The van der Waals surface area contributed by atoms with E-state index in [1.54, 1.807) is 17.8 Å². The molecule has 27 heavy (non-hydrogen) atoms. The van der Waals surface area contributed by atoms with Gasteiger partial charge in [0.2, 0.25) is 0 Å². The van der Waals surface area contributed by atoms with Crippen LogP contribution in [-0.4, -0.2) is 39.3 Å². The highest BCUT2D eigenvalue weighted by atomic mass is 35.5. The summed E-state index contributed by atoms with van der Waals surface area (Å²) >= 11 is 14.0. The van der Waals surface area contributed by atoms with E-state index in [4.69, 9.17) is 28.9 Å². The summed E-state index contributed by atoms with van der Waals surface area (Å²) in [6, 6.07) is 5.81. The molecular weight excluding hydrogens is 424 g/mol. The van der Waals surface area contributed by atoms with E-state index in [1.807, 2.05) is 24.3 Å². The average Bonchev–Trinajstić information content (AvgIpc) is 3.09. The van der Waals surface area contributed by atoms with E-state index >= 15 is 0 Å². The van der Waals surface area contributed by atoms with Crippen LogP contribution in [0.4, 0.5) is 5.69 Å². The Balaban J connectivity index is 1.85. The first-order valence-corrected chi connectivity index (χ1v) is 10.7. The van der Waals surface area contributed by atoms with E-state index < -0.39 is 12.5 Å². The van der Waals surface area contributed by atoms with E-state index in [2.05, 4.69) is 11.8 Å². The molecule has 1 aromatic rings. The topological polar surface area (TPSA) is 60.9 Å². The van der Waals surface area contributed by atoms with Crippen molar-refractivity contribution in [2.24, 2.45) is 0 Å². The molecule has 1 amide bonds. The minimum absolute atomic E-state index is 0.268. The first-order chi connectivity index (χ1) is 12.9. The predicted molar refractivity (Wildman–Crippen MR) is 115 cm³/mol. The van der Waals surface area contributed by atoms with Gasteiger partial charge in [0, 0.05) is 16.5 Å². The molecule has 0 spiro atoms. The predicted octanol–water partition coefficient (Wildman–Crippen LogP) is 4.72. The molecule has 1 fully saturated rings. The largest absolute Gasteiger partial charge is 0.480 e. The highest BCUT2D eigenvalue weighted by molar-refractivity contribution is 8.26. The molecule has 2 aliphatic heterocycles. The number of anilines is 1. The highest BCUT2D eigenvalue weighted by Crippen LogP contribution is 2.47. The molecule has 1 aromatic carbocycles. The Morgan fingerprint density at radius 1 is 1.30 bits per heavy atom. The van der Waals surface area contributed by atoms with Gasteiger partial charge >= 0.3 is 5.97 Å². The molecule has 5 nitrogen and oxygen atoms in total. The van der Waals surface area contributed by atoms with Gasteiger partial charge in [-0.1, -0.05) is 60.7 Å². The number of hydrogen-bond acceptors (Lipinski definition) is 6. The average molecular weight is 441 g/mol. The van der Waals surface area contributed by atoms with Crippen molar-refractivity contribution < 1.29 is 14.7 Å². The van der Waals surface area contributed by atoms with Gasteiger partial charge in [0.25, 0.3) is 5.91 Å². The number of hydrogen-bond donors (Lipinski definition) is 1. The Bertz CT molecular complexity index is 869. The van der Waals surface area contributed by atoms with E-state index in [0.29, 0.717) is 9.93 Å². The third-order valence-corrected chi connectivity index (χ3v) is 6.73. The molecule has 0 bridgehead atoms. The number of halogens is 1. The minimum Gasteiger partial charge on any atom is -0.480 e. The summed E-state index contributed by atoms with van der Waals surface area (Å²) in [6.07, 6.45) is 5.71. The van der Waals surface area contributed by atoms with Crippen molar-refractivity contribution in [3.05, 3.63) is 45.3 Å². The summed E-state index contributed by atoms with van der Waals surface area (Å²) in [6.45, 7) is 2.58. The lowest BCUT2D eigenvalue weighted by Crippen LogP contribution is -2.33. The minimum atomic E-state index is -1.09. The third-order valence-electron chi connectivity index (χ3n) is 3.97. The van der Waals surface area contributed by atoms with Crippen LogP contribution in [0.3, 0.4) is 0 Å². The van der Waals surface area contributed by atoms with E-state index in [1.165, 1.54) is 0 Å². The van der Waals surface area contributed by atoms with Gasteiger partial charge in [-0.3, -0.25) is 14.5 Å². The number of aliphatic carboxylic acids is 1. The number of thiocarbonyl (C=S) groups is 1. The van der Waals surface area contributed by atoms with Gasteiger partial charge in [-0.25, -0.2) is 0 Å². The molecule has 0 aromatic heterocycles. The second-order valence-electron chi connectivity index (χ2n) is 5.91. The van der Waals surface area contributed by atoms with E-state index in [-0.39, 0.29) is 10.2 Å². The van der Waals surface area contributed by atoms with Gasteiger partial charge < -0.3 is 10.0 Å². The fourth-order valence-electron chi connectivity index (χ4n) is 2.68. The van der Waals surface area contributed by atoms with Crippen LogP contribution in [0.2, 0.25) is 5.02 Å². The summed E-state index contributed by atoms with van der Waals surface area (Å²) < 4.78 is 0.268. The lowest BCUT2D eigenvalue weighted by atomic mass is 10.2. The second-order valence-corrected chi connectivity index (χ2v) is 9.08. The molecule has 2 heterocycles. The SMILES string of the molecule is CCCCN1/C(=C/C=C2/SC(=S)N(CC(=O)O)C2=O)Sc2ccc(Cl)cc21. The maximum Gasteiger partial charge on any atom is 0.323 e. The van der Waals surface area contributed by atoms with Crippen LogP contribution < -0.4 is 4.90 Å². The normalized spacial score (nSPS) is 19.5. The number of benzene rings is 1. The standard InChI is InChI=1S/C18H17ClN2O3S3/c1-2-3-8-20-12-9-11(19)4-5-13(12)26-15(20)7-6-14-17(24)21(10-16(22)23)18(25)27-14/h4-7,9H,2-3,8,10H2,1H3,(H,22,23)/b14-6+,15-7-. The van der Waals surface area contributed by atoms with Crippen molar-refractivity contribution in [1.82, 2.24) is 4.90 Å². The van der Waals surface area contributed by atoms with Gasteiger partial charge in [0.1, 0.15) is 10.9 Å². The van der Waals surface area contributed by atoms with Crippen LogP contribution in [0.1, 0.15) is 19.8 Å². The number of fused-ring (bicyclic) bond motifs is 1. The number of allylic oxidation sites excluding steroid dienone is 2. The van der Waals surface area contributed by atoms with Gasteiger partial charge in [-0.05, 0) is 36.8 Å². The Kier molecular flexibility index (Phi) is 6.52. The maximum absolute atomic E-state index is 12.4. The number of carboxylic acid groups (broad SMARTS) is 1. The van der Waals surface area contributed by atoms with Gasteiger partial charge in [-0.15, -0.1) is 0 Å². The van der Waals surface area contributed by atoms with Crippen LogP contribution >= 0.6 is 47.3 Å². The molecule has 1 saturated heterocycles. The first kappa shape index (κ1) is 20.3. The zero-order chi connectivity index (χ0) is 19.6.